The molecule has 3 aliphatic rings. The van der Waals surface area contributed by atoms with Crippen molar-refractivity contribution in [3.63, 3.8) is 0 Å². The molecule has 6 heteroatoms. The monoisotopic (exact) mass is 466 g/mol. The lowest BCUT2D eigenvalue weighted by Gasteiger charge is -2.31. The van der Waals surface area contributed by atoms with Crippen LogP contribution in [0.15, 0.2) is 22.7 Å². The Bertz CT molecular complexity index is 671. The van der Waals surface area contributed by atoms with E-state index in [1.165, 1.54) is 0 Å². The molecular formula is C23H31BrO5. The van der Waals surface area contributed by atoms with Crippen LogP contribution >= 0.6 is 15.9 Å². The zero-order valence-electron chi connectivity index (χ0n) is 17.0. The van der Waals surface area contributed by atoms with Crippen LogP contribution in [0.5, 0.6) is 0 Å². The van der Waals surface area contributed by atoms with Crippen LogP contribution in [0.4, 0.5) is 0 Å². The summed E-state index contributed by atoms with van der Waals surface area (Å²) in [5.41, 5.74) is 1.71. The Morgan fingerprint density at radius 1 is 0.966 bits per heavy atom. The van der Waals surface area contributed by atoms with Crippen LogP contribution in [0.2, 0.25) is 0 Å². The first-order valence-electron chi connectivity index (χ1n) is 11.0. The minimum atomic E-state index is -0.542. The number of carbonyl (C=O) groups is 1. The predicted octanol–water partition coefficient (Wildman–Crippen LogP) is 4.68. The highest BCUT2D eigenvalue weighted by molar-refractivity contribution is 9.10. The number of hydrogen-bond acceptors (Lipinski definition) is 5. The van der Waals surface area contributed by atoms with Crippen molar-refractivity contribution in [3.05, 3.63) is 33.8 Å². The van der Waals surface area contributed by atoms with E-state index < -0.39 is 5.41 Å². The number of halogens is 1. The highest BCUT2D eigenvalue weighted by Crippen LogP contribution is 2.43. The summed E-state index contributed by atoms with van der Waals surface area (Å²) < 4.78 is 24.4. The third-order valence-electron chi connectivity index (χ3n) is 6.41. The molecule has 2 unspecified atom stereocenters. The van der Waals surface area contributed by atoms with Gasteiger partial charge in [-0.1, -0.05) is 22.0 Å². The molecule has 1 aromatic rings. The number of hydrogen-bond donors (Lipinski definition) is 0. The van der Waals surface area contributed by atoms with Crippen LogP contribution in [0.1, 0.15) is 62.5 Å². The number of ketones is 1. The van der Waals surface area contributed by atoms with E-state index >= 15 is 0 Å². The predicted molar refractivity (Wildman–Crippen MR) is 113 cm³/mol. The average Bonchev–Trinajstić information content (AvgIpc) is 3.00. The minimum absolute atomic E-state index is 0.131. The van der Waals surface area contributed by atoms with E-state index in [4.69, 9.17) is 18.9 Å². The third-order valence-corrected chi connectivity index (χ3v) is 6.90. The molecule has 29 heavy (non-hydrogen) atoms. The van der Waals surface area contributed by atoms with Gasteiger partial charge in [-0.3, -0.25) is 4.79 Å². The molecule has 4 rings (SSSR count). The van der Waals surface area contributed by atoms with Crippen molar-refractivity contribution < 1.29 is 23.7 Å². The topological polar surface area (TPSA) is 54.0 Å². The molecule has 0 bridgehead atoms. The van der Waals surface area contributed by atoms with Gasteiger partial charge in [-0.15, -0.1) is 0 Å². The maximum Gasteiger partial charge on any atom is 0.157 e. The van der Waals surface area contributed by atoms with Crippen LogP contribution in [-0.2, 0) is 35.6 Å². The van der Waals surface area contributed by atoms with Gasteiger partial charge in [0, 0.05) is 24.1 Å². The molecule has 0 aromatic heterocycles. The number of fused-ring (bicyclic) bond motifs is 1. The van der Waals surface area contributed by atoms with E-state index in [2.05, 4.69) is 28.1 Å². The van der Waals surface area contributed by atoms with Gasteiger partial charge >= 0.3 is 0 Å². The fourth-order valence-corrected chi connectivity index (χ4v) is 5.16. The summed E-state index contributed by atoms with van der Waals surface area (Å²) in [4.78, 5) is 13.2. The molecule has 5 nitrogen and oxygen atoms in total. The van der Waals surface area contributed by atoms with Gasteiger partial charge in [0.15, 0.2) is 12.6 Å². The van der Waals surface area contributed by atoms with Crippen molar-refractivity contribution >= 4 is 21.7 Å². The summed E-state index contributed by atoms with van der Waals surface area (Å²) >= 11 is 3.54. The maximum absolute atomic E-state index is 13.2. The largest absolute Gasteiger partial charge is 0.353 e. The molecule has 1 aliphatic carbocycles. The molecule has 2 atom stereocenters. The second-order valence-electron chi connectivity index (χ2n) is 8.32. The Labute approximate surface area is 181 Å². The Morgan fingerprint density at radius 2 is 1.59 bits per heavy atom. The summed E-state index contributed by atoms with van der Waals surface area (Å²) in [5, 5.41) is 0. The quantitative estimate of drug-likeness (QED) is 0.556. The molecule has 2 aliphatic heterocycles. The zero-order valence-corrected chi connectivity index (χ0v) is 18.6. The normalized spacial score (nSPS) is 29.8. The first-order chi connectivity index (χ1) is 14.2. The van der Waals surface area contributed by atoms with Crippen LogP contribution in [-0.4, -0.2) is 44.8 Å². The molecule has 0 N–H and O–H groups in total. The molecule has 0 amide bonds. The van der Waals surface area contributed by atoms with E-state index in [1.807, 2.05) is 6.07 Å². The number of carbonyl (C=O) groups excluding carboxylic acids is 1. The van der Waals surface area contributed by atoms with E-state index in [-0.39, 0.29) is 18.4 Å². The first kappa shape index (κ1) is 21.4. The highest BCUT2D eigenvalue weighted by atomic mass is 79.9. The van der Waals surface area contributed by atoms with Gasteiger partial charge in [0.1, 0.15) is 5.78 Å². The summed E-state index contributed by atoms with van der Waals surface area (Å²) in [7, 11) is 0. The van der Waals surface area contributed by atoms with Gasteiger partial charge in [-0.2, -0.15) is 0 Å². The average molecular weight is 467 g/mol. The van der Waals surface area contributed by atoms with Crippen molar-refractivity contribution in [2.45, 2.75) is 75.8 Å². The Balaban J connectivity index is 1.44. The molecule has 0 radical (unpaired) electrons. The van der Waals surface area contributed by atoms with Crippen molar-refractivity contribution in [1.82, 2.24) is 0 Å². The lowest BCUT2D eigenvalue weighted by molar-refractivity contribution is -0.171. The fourth-order valence-electron chi connectivity index (χ4n) is 4.76. The van der Waals surface area contributed by atoms with E-state index in [0.717, 1.165) is 67.3 Å². The maximum atomic E-state index is 13.2. The van der Waals surface area contributed by atoms with E-state index in [9.17, 15) is 4.79 Å². The van der Waals surface area contributed by atoms with Crippen molar-refractivity contribution in [1.29, 1.82) is 0 Å². The van der Waals surface area contributed by atoms with Gasteiger partial charge < -0.3 is 18.9 Å². The van der Waals surface area contributed by atoms with Crippen molar-refractivity contribution in [2.24, 2.45) is 0 Å². The highest BCUT2D eigenvalue weighted by Gasteiger charge is 2.45. The van der Waals surface area contributed by atoms with Crippen molar-refractivity contribution in [2.75, 3.05) is 26.4 Å². The third kappa shape index (κ3) is 5.10. The van der Waals surface area contributed by atoms with Crippen LogP contribution in [0.25, 0.3) is 0 Å². The summed E-state index contributed by atoms with van der Waals surface area (Å²) in [6, 6.07) is 6.20. The molecule has 2 heterocycles. The van der Waals surface area contributed by atoms with Crippen molar-refractivity contribution in [3.8, 4) is 0 Å². The molecule has 1 aromatic carbocycles. The lowest BCUT2D eigenvalue weighted by atomic mass is 9.75. The standard InChI is InChI=1S/C23H31BrO5/c24-18-7-8-19-17(15-18)16-20(25)23(19,9-13-28-21-5-1-3-11-26-21)10-14-29-22-6-2-4-12-27-22/h7-8,15,21-22H,1-6,9-14,16H2. The van der Waals surface area contributed by atoms with Gasteiger partial charge in [-0.25, -0.2) is 0 Å². The molecular weight excluding hydrogens is 436 g/mol. The smallest absolute Gasteiger partial charge is 0.157 e. The van der Waals surface area contributed by atoms with Crippen LogP contribution in [0.3, 0.4) is 0 Å². The molecule has 2 saturated heterocycles. The Hall–Kier alpha value is -0.790. The minimum Gasteiger partial charge on any atom is -0.353 e. The lowest BCUT2D eigenvalue weighted by Crippen LogP contribution is -2.37. The number of rotatable bonds is 8. The Kier molecular flexibility index (Phi) is 7.40. The molecule has 0 saturated carbocycles. The zero-order chi connectivity index (χ0) is 20.1. The van der Waals surface area contributed by atoms with Crippen LogP contribution < -0.4 is 0 Å². The summed E-state index contributed by atoms with van der Waals surface area (Å²) in [6.45, 7) is 2.57. The van der Waals surface area contributed by atoms with Gasteiger partial charge in [0.2, 0.25) is 0 Å². The van der Waals surface area contributed by atoms with Gasteiger partial charge in [0.05, 0.1) is 18.6 Å². The van der Waals surface area contributed by atoms with Gasteiger partial charge in [0.25, 0.3) is 0 Å². The molecule has 2 fully saturated rings. The van der Waals surface area contributed by atoms with Gasteiger partial charge in [-0.05, 0) is 74.6 Å². The van der Waals surface area contributed by atoms with E-state index in [1.54, 1.807) is 0 Å². The second kappa shape index (κ2) is 10.0. The van der Waals surface area contributed by atoms with Crippen LogP contribution in [0, 0.1) is 0 Å². The Morgan fingerprint density at radius 3 is 2.14 bits per heavy atom. The number of benzene rings is 1. The SMILES string of the molecule is O=C1Cc2cc(Br)ccc2C1(CCOC1CCCCO1)CCOC1CCCCO1. The molecule has 0 spiro atoms. The number of Topliss-reactive ketones (excluding diaryl/α,β-unsaturated/α-hetero) is 1. The summed E-state index contributed by atoms with van der Waals surface area (Å²) in [5.74, 6) is 0.270. The summed E-state index contributed by atoms with van der Waals surface area (Å²) in [6.07, 6.45) is 7.90. The van der Waals surface area contributed by atoms with E-state index in [0.29, 0.717) is 32.5 Å². The number of ether oxygens (including phenoxy) is 4. The fraction of sp³-hybridized carbons (Fsp3) is 0.696. The second-order valence-corrected chi connectivity index (χ2v) is 9.23. The first-order valence-corrected chi connectivity index (χ1v) is 11.8. The molecule has 160 valence electrons.